The van der Waals surface area contributed by atoms with Crippen molar-refractivity contribution in [3.63, 3.8) is 0 Å². The minimum absolute atomic E-state index is 0.00847. The summed E-state index contributed by atoms with van der Waals surface area (Å²) in [5.41, 5.74) is 0.628. The molecule has 228 valence electrons. The lowest BCUT2D eigenvalue weighted by Gasteiger charge is -2.44. The Morgan fingerprint density at radius 2 is 1.60 bits per heavy atom. The molecule has 1 aromatic rings. The molecule has 42 heavy (non-hydrogen) atoms. The van der Waals surface area contributed by atoms with E-state index in [9.17, 15) is 19.5 Å². The van der Waals surface area contributed by atoms with Crippen LogP contribution in [0.4, 0.5) is 0 Å². The van der Waals surface area contributed by atoms with Crippen LogP contribution in [0.25, 0.3) is 0 Å². The van der Waals surface area contributed by atoms with E-state index in [1.165, 1.54) is 0 Å². The zero-order valence-corrected chi connectivity index (χ0v) is 26.8. The predicted octanol–water partition coefficient (Wildman–Crippen LogP) is 4.66. The minimum Gasteiger partial charge on any atom is -0.396 e. The Hall–Kier alpha value is -2.58. The van der Waals surface area contributed by atoms with Crippen LogP contribution in [0.5, 0.6) is 0 Å². The number of carbonyl (C=O) groups excluding carboxylic acids is 3. The minimum atomic E-state index is -0.852. The summed E-state index contributed by atoms with van der Waals surface area (Å²) in [5, 5.41) is 9.51. The van der Waals surface area contributed by atoms with Crippen LogP contribution in [-0.2, 0) is 20.9 Å². The molecular formula is C34H47N3O4S. The topological polar surface area (TPSA) is 81.2 Å². The fraction of sp³-hybridized carbons (Fsp3) is 0.618. The van der Waals surface area contributed by atoms with Crippen molar-refractivity contribution in [2.24, 2.45) is 17.3 Å². The summed E-state index contributed by atoms with van der Waals surface area (Å²) in [4.78, 5) is 49.4. The fourth-order valence-corrected chi connectivity index (χ4v) is 10.2. The molecule has 5 atom stereocenters. The maximum absolute atomic E-state index is 14.8. The number of thioether (sulfide) groups is 1. The molecule has 0 aromatic heterocycles. The quantitative estimate of drug-likeness (QED) is 0.350. The van der Waals surface area contributed by atoms with Crippen LogP contribution < -0.4 is 0 Å². The number of rotatable bonds is 8. The number of benzene rings is 1. The highest BCUT2D eigenvalue weighted by atomic mass is 32.2. The van der Waals surface area contributed by atoms with Crippen LogP contribution in [0.2, 0.25) is 0 Å². The highest BCUT2D eigenvalue weighted by Gasteiger charge is 2.74. The van der Waals surface area contributed by atoms with Gasteiger partial charge in [0, 0.05) is 43.1 Å². The summed E-state index contributed by atoms with van der Waals surface area (Å²) >= 11 is 1.63. The van der Waals surface area contributed by atoms with Gasteiger partial charge in [-0.25, -0.2) is 0 Å². The molecule has 1 aromatic carbocycles. The first-order chi connectivity index (χ1) is 19.7. The number of aliphatic hydroxyl groups excluding tert-OH is 1. The molecule has 3 amide bonds. The maximum atomic E-state index is 14.8. The van der Waals surface area contributed by atoms with E-state index in [0.717, 1.165) is 12.0 Å². The second kappa shape index (κ2) is 11.2. The van der Waals surface area contributed by atoms with E-state index in [1.807, 2.05) is 40.1 Å². The van der Waals surface area contributed by atoms with Gasteiger partial charge in [-0.3, -0.25) is 14.4 Å². The van der Waals surface area contributed by atoms with Crippen molar-refractivity contribution in [2.45, 2.75) is 88.4 Å². The van der Waals surface area contributed by atoms with E-state index in [-0.39, 0.29) is 29.7 Å². The van der Waals surface area contributed by atoms with Gasteiger partial charge in [-0.2, -0.15) is 0 Å². The van der Waals surface area contributed by atoms with Crippen molar-refractivity contribution >= 4 is 29.5 Å². The number of likely N-dealkylation sites (tertiary alicyclic amines) is 1. The molecule has 0 radical (unpaired) electrons. The molecular weight excluding hydrogens is 546 g/mol. The zero-order chi connectivity index (χ0) is 30.5. The number of carbonyl (C=O) groups is 3. The SMILES string of the molecule is CC(C)(C)CC(C)(C)N1CC=C[C@]23S[C@@]4(C)C=CCN(Cc5ccccc5)C(=O)[C@H]4[C@H]2C(=O)N(CCCCO)C3C1=O. The Kier molecular flexibility index (Phi) is 8.20. The van der Waals surface area contributed by atoms with Crippen molar-refractivity contribution in [1.29, 1.82) is 0 Å². The van der Waals surface area contributed by atoms with Gasteiger partial charge in [-0.05, 0) is 51.0 Å². The van der Waals surface area contributed by atoms with Crippen LogP contribution in [0.15, 0.2) is 54.6 Å². The van der Waals surface area contributed by atoms with Gasteiger partial charge in [-0.15, -0.1) is 11.8 Å². The fourth-order valence-electron chi connectivity index (χ4n) is 8.09. The normalized spacial score (nSPS) is 31.3. The van der Waals surface area contributed by atoms with Gasteiger partial charge in [0.2, 0.25) is 17.7 Å². The Bertz CT molecular complexity index is 1270. The maximum Gasteiger partial charge on any atom is 0.247 e. The van der Waals surface area contributed by atoms with Crippen molar-refractivity contribution in [3.05, 3.63) is 60.2 Å². The van der Waals surface area contributed by atoms with E-state index in [0.29, 0.717) is 39.0 Å². The van der Waals surface area contributed by atoms with Crippen LogP contribution in [-0.4, -0.2) is 84.8 Å². The van der Waals surface area contributed by atoms with Crippen molar-refractivity contribution < 1.29 is 19.5 Å². The summed E-state index contributed by atoms with van der Waals surface area (Å²) in [6.45, 7) is 14.7. The Morgan fingerprint density at radius 3 is 2.26 bits per heavy atom. The van der Waals surface area contributed by atoms with Crippen molar-refractivity contribution in [3.8, 4) is 0 Å². The summed E-state index contributed by atoms with van der Waals surface area (Å²) in [5.74, 6) is -1.42. The Morgan fingerprint density at radius 1 is 0.905 bits per heavy atom. The molecule has 1 unspecified atom stereocenters. The van der Waals surface area contributed by atoms with Gasteiger partial charge >= 0.3 is 0 Å². The molecule has 0 saturated carbocycles. The highest BCUT2D eigenvalue weighted by Crippen LogP contribution is 2.65. The van der Waals surface area contributed by atoms with Gasteiger partial charge in [0.25, 0.3) is 0 Å². The molecule has 7 nitrogen and oxygen atoms in total. The number of fused-ring (bicyclic) bond motifs is 2. The number of unbranched alkanes of at least 4 members (excludes halogenated alkanes) is 1. The number of nitrogens with zero attached hydrogens (tertiary/aromatic N) is 3. The largest absolute Gasteiger partial charge is 0.396 e. The van der Waals surface area contributed by atoms with Gasteiger partial charge < -0.3 is 19.8 Å². The zero-order valence-electron chi connectivity index (χ0n) is 26.0. The monoisotopic (exact) mass is 593 g/mol. The third kappa shape index (κ3) is 5.34. The molecule has 4 aliphatic heterocycles. The first-order valence-electron chi connectivity index (χ1n) is 15.4. The molecule has 4 heterocycles. The second-order valence-corrected chi connectivity index (χ2v) is 16.3. The van der Waals surface area contributed by atoms with Crippen LogP contribution in [0.3, 0.4) is 0 Å². The molecule has 1 spiro atoms. The van der Waals surface area contributed by atoms with E-state index in [4.69, 9.17) is 0 Å². The smallest absolute Gasteiger partial charge is 0.247 e. The first-order valence-corrected chi connectivity index (χ1v) is 16.2. The molecule has 2 saturated heterocycles. The van der Waals surface area contributed by atoms with E-state index in [1.54, 1.807) is 16.7 Å². The summed E-state index contributed by atoms with van der Waals surface area (Å²) in [7, 11) is 0. The predicted molar refractivity (Wildman–Crippen MR) is 168 cm³/mol. The van der Waals surface area contributed by atoms with Gasteiger partial charge in [-0.1, -0.05) is 75.4 Å². The van der Waals surface area contributed by atoms with Crippen LogP contribution >= 0.6 is 11.8 Å². The molecule has 8 heteroatoms. The van der Waals surface area contributed by atoms with E-state index < -0.39 is 32.9 Å². The lowest BCUT2D eigenvalue weighted by molar-refractivity contribution is -0.147. The van der Waals surface area contributed by atoms with Crippen molar-refractivity contribution in [2.75, 3.05) is 26.2 Å². The number of hydrogen-bond acceptors (Lipinski definition) is 5. The van der Waals surface area contributed by atoms with E-state index >= 15 is 0 Å². The second-order valence-electron chi connectivity index (χ2n) is 14.5. The average Bonchev–Trinajstić information content (AvgIpc) is 3.16. The lowest BCUT2D eigenvalue weighted by atomic mass is 9.74. The number of amides is 3. The third-order valence-corrected chi connectivity index (χ3v) is 11.2. The Labute approximate surface area is 255 Å². The third-order valence-electron chi connectivity index (χ3n) is 9.36. The lowest BCUT2D eigenvalue weighted by Crippen LogP contribution is -2.58. The first kappa shape index (κ1) is 30.9. The summed E-state index contributed by atoms with van der Waals surface area (Å²) < 4.78 is -1.48. The number of aliphatic hydroxyl groups is 1. The highest BCUT2D eigenvalue weighted by molar-refractivity contribution is 8.02. The Balaban J connectivity index is 1.57. The van der Waals surface area contributed by atoms with Crippen LogP contribution in [0.1, 0.15) is 66.4 Å². The van der Waals surface area contributed by atoms with E-state index in [2.05, 4.69) is 65.8 Å². The molecule has 4 aliphatic rings. The molecule has 5 rings (SSSR count). The van der Waals surface area contributed by atoms with Gasteiger partial charge in [0.1, 0.15) is 6.04 Å². The van der Waals surface area contributed by atoms with Crippen LogP contribution in [0, 0.1) is 17.3 Å². The summed E-state index contributed by atoms with van der Waals surface area (Å²) in [6, 6.07) is 9.25. The average molecular weight is 594 g/mol. The molecule has 2 fully saturated rings. The molecule has 1 N–H and O–H groups in total. The molecule has 0 aliphatic carbocycles. The standard InChI is InChI=1S/C34H47N3O4S/c1-31(2,3)23-32(4,5)37-20-13-17-34-26(29(40)36(19-10-11-21-38)27(34)30(37)41)25-28(39)35(18-12-16-33(25,6)42-34)22-24-14-8-7-9-15-24/h7-9,12-17,25-27,38H,10-11,18-23H2,1-6H3/t25-,26+,27?,33+,34+/m1/s1. The van der Waals surface area contributed by atoms with Gasteiger partial charge in [0.05, 0.1) is 16.6 Å². The van der Waals surface area contributed by atoms with Gasteiger partial charge in [0.15, 0.2) is 0 Å². The van der Waals surface area contributed by atoms with Crippen molar-refractivity contribution in [1.82, 2.24) is 14.7 Å². The number of hydrogen-bond donors (Lipinski definition) is 1. The molecule has 0 bridgehead atoms. The summed E-state index contributed by atoms with van der Waals surface area (Å²) in [6.07, 6.45) is 10.3.